The van der Waals surface area contributed by atoms with Gasteiger partial charge < -0.3 is 16.0 Å². The molecule has 0 amide bonds. The molecule has 0 aliphatic carbocycles. The Morgan fingerprint density at radius 2 is 1.97 bits per heavy atom. The number of hydrogen-bond acceptors (Lipinski definition) is 5. The molecule has 1 saturated heterocycles. The quantitative estimate of drug-likeness (QED) is 0.527. The molecule has 1 aliphatic rings. The number of nitrogens with zero attached hydrogens (tertiary/aromatic N) is 3. The number of H-pyrrole nitrogens is 1. The predicted octanol–water partition coefficient (Wildman–Crippen LogP) is 4.24. The van der Waals surface area contributed by atoms with Crippen LogP contribution in [0.1, 0.15) is 52.9 Å². The zero-order chi connectivity index (χ0) is 21.8. The highest BCUT2D eigenvalue weighted by molar-refractivity contribution is 5.83. The van der Waals surface area contributed by atoms with Crippen LogP contribution in [0.25, 0.3) is 11.1 Å². The normalized spacial score (nSPS) is 15.1. The van der Waals surface area contributed by atoms with Gasteiger partial charge in [-0.05, 0) is 51.1 Å². The van der Waals surface area contributed by atoms with Crippen LogP contribution in [0.15, 0.2) is 62.0 Å². The first kappa shape index (κ1) is 20.8. The lowest BCUT2D eigenvalue weighted by Gasteiger charge is -2.23. The van der Waals surface area contributed by atoms with E-state index in [9.17, 15) is 0 Å². The van der Waals surface area contributed by atoms with Gasteiger partial charge in [-0.25, -0.2) is 4.98 Å². The molecular weight excluding hydrogens is 384 g/mol. The van der Waals surface area contributed by atoms with Crippen molar-refractivity contribution in [2.45, 2.75) is 25.7 Å². The number of hydrogen-bond donors (Lipinski definition) is 3. The van der Waals surface area contributed by atoms with Crippen molar-refractivity contribution in [3.63, 3.8) is 0 Å². The SMILES string of the molecule is C=C/C=C(/c1cccnc1)c1nc(C(=C)c2nc(C3CCNCC3)ccc2N)[nH]c1C. The molecule has 0 unspecified atom stereocenters. The van der Waals surface area contributed by atoms with Gasteiger partial charge in [0.05, 0.1) is 17.1 Å². The maximum atomic E-state index is 6.29. The first-order chi connectivity index (χ1) is 15.1. The fraction of sp³-hybridized carbons (Fsp3) is 0.240. The van der Waals surface area contributed by atoms with Crippen LogP contribution in [-0.4, -0.2) is 33.0 Å². The van der Waals surface area contributed by atoms with Gasteiger partial charge in [0.2, 0.25) is 0 Å². The van der Waals surface area contributed by atoms with Crippen molar-refractivity contribution >= 4 is 16.8 Å². The highest BCUT2D eigenvalue weighted by Gasteiger charge is 2.21. The van der Waals surface area contributed by atoms with Gasteiger partial charge in [-0.1, -0.05) is 31.4 Å². The van der Waals surface area contributed by atoms with Crippen molar-refractivity contribution < 1.29 is 0 Å². The van der Waals surface area contributed by atoms with E-state index in [1.165, 1.54) is 0 Å². The third kappa shape index (κ3) is 4.34. The summed E-state index contributed by atoms with van der Waals surface area (Å²) in [5, 5.41) is 3.40. The van der Waals surface area contributed by atoms with Crippen molar-refractivity contribution in [3.8, 4) is 0 Å². The highest BCUT2D eigenvalue weighted by atomic mass is 14.9. The Morgan fingerprint density at radius 1 is 1.16 bits per heavy atom. The van der Waals surface area contributed by atoms with Gasteiger partial charge in [-0.2, -0.15) is 0 Å². The Bertz CT molecular complexity index is 1120. The van der Waals surface area contributed by atoms with E-state index in [4.69, 9.17) is 15.7 Å². The van der Waals surface area contributed by atoms with Crippen LogP contribution >= 0.6 is 0 Å². The smallest absolute Gasteiger partial charge is 0.139 e. The fourth-order valence-corrected chi connectivity index (χ4v) is 4.00. The molecule has 6 nitrogen and oxygen atoms in total. The third-order valence-electron chi connectivity index (χ3n) is 5.67. The Kier molecular flexibility index (Phi) is 6.09. The van der Waals surface area contributed by atoms with Gasteiger partial charge in [0.1, 0.15) is 5.82 Å². The molecular formula is C25H28N6. The van der Waals surface area contributed by atoms with E-state index in [-0.39, 0.29) is 0 Å². The van der Waals surface area contributed by atoms with Crippen molar-refractivity contribution in [2.24, 2.45) is 0 Å². The van der Waals surface area contributed by atoms with E-state index in [1.54, 1.807) is 12.3 Å². The molecule has 0 atom stereocenters. The van der Waals surface area contributed by atoms with Gasteiger partial charge in [0, 0.05) is 46.4 Å². The molecule has 6 heteroatoms. The van der Waals surface area contributed by atoms with Crippen molar-refractivity contribution in [2.75, 3.05) is 18.8 Å². The highest BCUT2D eigenvalue weighted by Crippen LogP contribution is 2.31. The topological polar surface area (TPSA) is 92.5 Å². The van der Waals surface area contributed by atoms with Gasteiger partial charge >= 0.3 is 0 Å². The van der Waals surface area contributed by atoms with Crippen LogP contribution in [0.3, 0.4) is 0 Å². The number of rotatable bonds is 6. The number of piperidine rings is 1. The average molecular weight is 413 g/mol. The summed E-state index contributed by atoms with van der Waals surface area (Å²) in [5.74, 6) is 1.10. The monoisotopic (exact) mass is 412 g/mol. The van der Waals surface area contributed by atoms with Gasteiger partial charge in [-0.15, -0.1) is 0 Å². The third-order valence-corrected chi connectivity index (χ3v) is 5.67. The number of pyridine rings is 2. The predicted molar refractivity (Wildman–Crippen MR) is 126 cm³/mol. The molecule has 0 spiro atoms. The number of anilines is 1. The summed E-state index contributed by atoms with van der Waals surface area (Å²) in [6.07, 6.45) is 9.43. The van der Waals surface area contributed by atoms with Crippen LogP contribution in [0.5, 0.6) is 0 Å². The van der Waals surface area contributed by atoms with E-state index in [0.717, 1.165) is 54.1 Å². The Morgan fingerprint density at radius 3 is 2.68 bits per heavy atom. The standard InChI is InChI=1S/C25H28N6/c1-4-6-20(19-7-5-12-28-15-19)24-17(3)29-25(31-24)16(2)23-21(26)8-9-22(30-23)18-10-13-27-14-11-18/h4-9,12,15,18,27H,1-2,10-11,13-14,26H2,3H3,(H,29,31)/b20-6-. The molecule has 3 aromatic rings. The Balaban J connectivity index is 1.69. The molecule has 1 fully saturated rings. The zero-order valence-electron chi connectivity index (χ0n) is 17.9. The lowest BCUT2D eigenvalue weighted by Crippen LogP contribution is -2.27. The van der Waals surface area contributed by atoms with Crippen LogP contribution < -0.4 is 11.1 Å². The van der Waals surface area contributed by atoms with Gasteiger partial charge in [0.15, 0.2) is 0 Å². The minimum atomic E-state index is 0.440. The molecule has 1 aliphatic heterocycles. The largest absolute Gasteiger partial charge is 0.397 e. The van der Waals surface area contributed by atoms with Crippen LogP contribution in [-0.2, 0) is 0 Å². The molecule has 0 bridgehead atoms. The minimum absolute atomic E-state index is 0.440. The second kappa shape index (κ2) is 9.10. The molecule has 4 rings (SSSR count). The number of imidazole rings is 1. The van der Waals surface area contributed by atoms with Crippen LogP contribution in [0, 0.1) is 6.92 Å². The van der Waals surface area contributed by atoms with E-state index in [1.807, 2.05) is 43.5 Å². The van der Waals surface area contributed by atoms with E-state index in [2.05, 4.69) is 28.4 Å². The second-order valence-corrected chi connectivity index (χ2v) is 7.79. The zero-order valence-corrected chi connectivity index (χ0v) is 17.9. The second-order valence-electron chi connectivity index (χ2n) is 7.79. The molecule has 0 aromatic carbocycles. The number of aromatic nitrogens is 4. The van der Waals surface area contributed by atoms with Crippen molar-refractivity contribution in [1.29, 1.82) is 0 Å². The number of nitrogens with two attached hydrogens (primary N) is 1. The van der Waals surface area contributed by atoms with Crippen molar-refractivity contribution in [3.05, 3.63) is 96.1 Å². The van der Waals surface area contributed by atoms with Crippen LogP contribution in [0.4, 0.5) is 5.69 Å². The average Bonchev–Trinajstić information content (AvgIpc) is 3.19. The first-order valence-electron chi connectivity index (χ1n) is 10.6. The van der Waals surface area contributed by atoms with Gasteiger partial charge in [0.25, 0.3) is 0 Å². The molecule has 0 saturated carbocycles. The number of nitrogens with one attached hydrogen (secondary N) is 2. The van der Waals surface area contributed by atoms with E-state index < -0.39 is 0 Å². The molecule has 4 N–H and O–H groups in total. The molecule has 0 radical (unpaired) electrons. The summed E-state index contributed by atoms with van der Waals surface area (Å²) in [5.41, 5.74) is 13.0. The Labute approximate surface area is 183 Å². The van der Waals surface area contributed by atoms with E-state index >= 15 is 0 Å². The first-order valence-corrected chi connectivity index (χ1v) is 10.6. The summed E-state index contributed by atoms with van der Waals surface area (Å²) >= 11 is 0. The summed E-state index contributed by atoms with van der Waals surface area (Å²) < 4.78 is 0. The maximum absolute atomic E-state index is 6.29. The summed E-state index contributed by atoms with van der Waals surface area (Å²) in [6, 6.07) is 7.88. The van der Waals surface area contributed by atoms with E-state index in [0.29, 0.717) is 28.7 Å². The number of aromatic amines is 1. The van der Waals surface area contributed by atoms with Gasteiger partial charge in [-0.3, -0.25) is 9.97 Å². The minimum Gasteiger partial charge on any atom is -0.397 e. The van der Waals surface area contributed by atoms with Crippen LogP contribution in [0.2, 0.25) is 0 Å². The maximum Gasteiger partial charge on any atom is 0.139 e. The number of allylic oxidation sites excluding steroid dienone is 2. The number of nitrogen functional groups attached to an aromatic ring is 1. The lowest BCUT2D eigenvalue weighted by molar-refractivity contribution is 0.453. The summed E-state index contributed by atoms with van der Waals surface area (Å²) in [6.45, 7) is 12.2. The van der Waals surface area contributed by atoms with Crippen molar-refractivity contribution in [1.82, 2.24) is 25.3 Å². The number of aryl methyl sites for hydroxylation is 1. The molecule has 3 aromatic heterocycles. The summed E-state index contributed by atoms with van der Waals surface area (Å²) in [4.78, 5) is 17.4. The molecule has 158 valence electrons. The Hall–Kier alpha value is -3.51. The lowest BCUT2D eigenvalue weighted by atomic mass is 9.93. The fourth-order valence-electron chi connectivity index (χ4n) is 4.00. The molecule has 31 heavy (non-hydrogen) atoms. The summed E-state index contributed by atoms with van der Waals surface area (Å²) in [7, 11) is 0. The molecule has 4 heterocycles.